The molecule has 1 fully saturated rings. The van der Waals surface area contributed by atoms with E-state index in [9.17, 15) is 4.79 Å². The second-order valence-electron chi connectivity index (χ2n) is 4.78. The molecule has 0 bridgehead atoms. The first kappa shape index (κ1) is 14.1. The van der Waals surface area contributed by atoms with E-state index in [4.69, 9.17) is 5.73 Å². The Balaban J connectivity index is 1.94. The van der Waals surface area contributed by atoms with Gasteiger partial charge in [-0.15, -0.1) is 11.3 Å². The molecular weight excluding hydrogens is 258 g/mol. The van der Waals surface area contributed by atoms with Crippen molar-refractivity contribution in [2.45, 2.75) is 18.9 Å². The van der Waals surface area contributed by atoms with Crippen LogP contribution in [-0.4, -0.2) is 43.5 Å². The average Bonchev–Trinajstić information content (AvgIpc) is 2.85. The van der Waals surface area contributed by atoms with Crippen molar-refractivity contribution < 1.29 is 4.79 Å². The van der Waals surface area contributed by atoms with Crippen LogP contribution in [-0.2, 0) is 0 Å². The summed E-state index contributed by atoms with van der Waals surface area (Å²) in [6.45, 7) is 2.38. The van der Waals surface area contributed by atoms with Crippen molar-refractivity contribution in [1.29, 1.82) is 0 Å². The van der Waals surface area contributed by atoms with Crippen LogP contribution in [0.25, 0.3) is 0 Å². The lowest BCUT2D eigenvalue weighted by molar-refractivity contribution is 0.0913. The van der Waals surface area contributed by atoms with E-state index in [1.807, 2.05) is 11.4 Å². The van der Waals surface area contributed by atoms with Crippen LogP contribution in [0.4, 0.5) is 0 Å². The second-order valence-corrected chi connectivity index (χ2v) is 5.69. The number of amides is 1. The first-order valence-corrected chi connectivity index (χ1v) is 7.34. The Morgan fingerprint density at radius 3 is 3.26 bits per heavy atom. The van der Waals surface area contributed by atoms with Crippen LogP contribution in [0.5, 0.6) is 0 Å². The SMILES string of the molecule is CN1CCCC(NC(=O)c2csc(C#CCN)c2)C1. The van der Waals surface area contributed by atoms with Crippen molar-refractivity contribution >= 4 is 17.2 Å². The number of nitrogens with zero attached hydrogens (tertiary/aromatic N) is 1. The lowest BCUT2D eigenvalue weighted by atomic mass is 10.1. The van der Waals surface area contributed by atoms with Crippen LogP contribution in [0.1, 0.15) is 28.1 Å². The fourth-order valence-electron chi connectivity index (χ4n) is 2.21. The third-order valence-electron chi connectivity index (χ3n) is 3.13. The highest BCUT2D eigenvalue weighted by atomic mass is 32.1. The van der Waals surface area contributed by atoms with E-state index in [-0.39, 0.29) is 11.9 Å². The van der Waals surface area contributed by atoms with Crippen LogP contribution in [0.15, 0.2) is 11.4 Å². The van der Waals surface area contributed by atoms with Crippen LogP contribution in [0, 0.1) is 11.8 Å². The number of likely N-dealkylation sites (N-methyl/N-ethyl adjacent to an activating group) is 1. The zero-order valence-corrected chi connectivity index (χ0v) is 11.9. The van der Waals surface area contributed by atoms with E-state index >= 15 is 0 Å². The normalized spacial score (nSPS) is 19.6. The van der Waals surface area contributed by atoms with Crippen LogP contribution < -0.4 is 11.1 Å². The summed E-state index contributed by atoms with van der Waals surface area (Å²) in [5, 5.41) is 4.94. The summed E-state index contributed by atoms with van der Waals surface area (Å²) in [5.74, 6) is 5.74. The zero-order chi connectivity index (χ0) is 13.7. The summed E-state index contributed by atoms with van der Waals surface area (Å²) >= 11 is 1.48. The highest BCUT2D eigenvalue weighted by Gasteiger charge is 2.19. The van der Waals surface area contributed by atoms with E-state index in [1.54, 1.807) is 0 Å². The minimum absolute atomic E-state index is 0.00246. The van der Waals surface area contributed by atoms with E-state index in [1.165, 1.54) is 11.3 Å². The number of thiophene rings is 1. The fourth-order valence-corrected chi connectivity index (χ4v) is 2.97. The quantitative estimate of drug-likeness (QED) is 0.789. The monoisotopic (exact) mass is 277 g/mol. The van der Waals surface area contributed by atoms with E-state index in [0.717, 1.165) is 30.8 Å². The molecule has 1 aromatic rings. The lowest BCUT2D eigenvalue weighted by Gasteiger charge is -2.30. The lowest BCUT2D eigenvalue weighted by Crippen LogP contribution is -2.46. The average molecular weight is 277 g/mol. The molecule has 4 nitrogen and oxygen atoms in total. The molecule has 0 aliphatic carbocycles. The van der Waals surface area contributed by atoms with Gasteiger partial charge in [0.2, 0.25) is 0 Å². The van der Waals surface area contributed by atoms with Crippen molar-refractivity contribution in [3.05, 3.63) is 21.9 Å². The summed E-state index contributed by atoms with van der Waals surface area (Å²) in [5.41, 5.74) is 6.02. The predicted molar refractivity (Wildman–Crippen MR) is 78.2 cm³/mol. The van der Waals surface area contributed by atoms with Crippen molar-refractivity contribution in [3.8, 4) is 11.8 Å². The van der Waals surface area contributed by atoms with Gasteiger partial charge in [0.25, 0.3) is 5.91 Å². The molecule has 1 aliphatic rings. The molecule has 5 heteroatoms. The maximum Gasteiger partial charge on any atom is 0.252 e. The van der Waals surface area contributed by atoms with Crippen molar-refractivity contribution in [2.24, 2.45) is 5.73 Å². The molecule has 0 radical (unpaired) electrons. The van der Waals surface area contributed by atoms with Gasteiger partial charge in [-0.2, -0.15) is 0 Å². The number of carbonyl (C=O) groups excluding carboxylic acids is 1. The molecule has 1 atom stereocenters. The number of hydrogen-bond acceptors (Lipinski definition) is 4. The summed E-state index contributed by atoms with van der Waals surface area (Å²) in [4.78, 5) is 15.2. The molecule has 1 amide bonds. The highest BCUT2D eigenvalue weighted by Crippen LogP contribution is 2.15. The highest BCUT2D eigenvalue weighted by molar-refractivity contribution is 7.10. The molecule has 0 spiro atoms. The zero-order valence-electron chi connectivity index (χ0n) is 11.1. The largest absolute Gasteiger partial charge is 0.348 e. The van der Waals surface area contributed by atoms with Crippen molar-refractivity contribution in [1.82, 2.24) is 10.2 Å². The topological polar surface area (TPSA) is 58.4 Å². The third kappa shape index (κ3) is 4.06. The van der Waals surface area contributed by atoms with Gasteiger partial charge in [0.1, 0.15) is 0 Å². The van der Waals surface area contributed by atoms with Crippen LogP contribution in [0.3, 0.4) is 0 Å². The number of nitrogens with two attached hydrogens (primary N) is 1. The van der Waals surface area contributed by atoms with E-state index in [0.29, 0.717) is 12.1 Å². The Kier molecular flexibility index (Phi) is 4.97. The Labute approximate surface area is 118 Å². The van der Waals surface area contributed by atoms with Gasteiger partial charge in [0.15, 0.2) is 0 Å². The number of carbonyl (C=O) groups is 1. The maximum absolute atomic E-state index is 12.1. The van der Waals surface area contributed by atoms with Gasteiger partial charge in [-0.3, -0.25) is 4.79 Å². The van der Waals surface area contributed by atoms with Gasteiger partial charge < -0.3 is 16.0 Å². The number of likely N-dealkylation sites (tertiary alicyclic amines) is 1. The first-order valence-electron chi connectivity index (χ1n) is 6.46. The third-order valence-corrected chi connectivity index (χ3v) is 3.98. The fraction of sp³-hybridized carbons (Fsp3) is 0.500. The molecule has 2 rings (SSSR count). The van der Waals surface area contributed by atoms with Gasteiger partial charge in [0.05, 0.1) is 17.0 Å². The molecule has 1 unspecified atom stereocenters. The second kappa shape index (κ2) is 6.71. The Bertz CT molecular complexity index is 500. The number of hydrogen-bond donors (Lipinski definition) is 2. The number of rotatable bonds is 2. The molecule has 1 saturated heterocycles. The predicted octanol–water partition coefficient (Wildman–Crippen LogP) is 0.882. The summed E-state index contributed by atoms with van der Waals surface area (Å²) in [6.07, 6.45) is 2.19. The molecular formula is C14H19N3OS. The summed E-state index contributed by atoms with van der Waals surface area (Å²) in [6, 6.07) is 2.08. The molecule has 3 N–H and O–H groups in total. The van der Waals surface area contributed by atoms with Gasteiger partial charge in [-0.25, -0.2) is 0 Å². The van der Waals surface area contributed by atoms with Crippen molar-refractivity contribution in [3.63, 3.8) is 0 Å². The molecule has 1 aromatic heterocycles. The number of piperidine rings is 1. The minimum Gasteiger partial charge on any atom is -0.348 e. The Morgan fingerprint density at radius 1 is 1.68 bits per heavy atom. The molecule has 1 aliphatic heterocycles. The van der Waals surface area contributed by atoms with Gasteiger partial charge in [-0.1, -0.05) is 11.8 Å². The van der Waals surface area contributed by atoms with Gasteiger partial charge in [0, 0.05) is 18.0 Å². The van der Waals surface area contributed by atoms with Crippen LogP contribution >= 0.6 is 11.3 Å². The molecule has 2 heterocycles. The van der Waals surface area contributed by atoms with E-state index in [2.05, 4.69) is 29.1 Å². The number of nitrogens with one attached hydrogen (secondary N) is 1. The van der Waals surface area contributed by atoms with Crippen molar-refractivity contribution in [2.75, 3.05) is 26.7 Å². The smallest absolute Gasteiger partial charge is 0.252 e. The molecule has 0 aromatic carbocycles. The molecule has 19 heavy (non-hydrogen) atoms. The summed E-state index contributed by atoms with van der Waals surface area (Å²) < 4.78 is 0. The van der Waals surface area contributed by atoms with E-state index < -0.39 is 0 Å². The first-order chi connectivity index (χ1) is 9.19. The standard InChI is InChI=1S/C14H19N3OS/c1-17-7-3-4-12(9-17)16-14(18)11-8-13(19-10-11)5-2-6-15/h8,10,12H,3-4,6-7,9,15H2,1H3,(H,16,18). The minimum atomic E-state index is -0.00246. The van der Waals surface area contributed by atoms with Gasteiger partial charge >= 0.3 is 0 Å². The maximum atomic E-state index is 12.1. The van der Waals surface area contributed by atoms with Crippen LogP contribution in [0.2, 0.25) is 0 Å². The molecule has 102 valence electrons. The van der Waals surface area contributed by atoms with Gasteiger partial charge in [-0.05, 0) is 32.5 Å². The molecule has 0 saturated carbocycles. The Hall–Kier alpha value is -1.35. The Morgan fingerprint density at radius 2 is 2.53 bits per heavy atom. The summed E-state index contributed by atoms with van der Waals surface area (Å²) in [7, 11) is 2.09.